The Morgan fingerprint density at radius 1 is 0.810 bits per heavy atom. The molecular formula is C17H19FO3. The van der Waals surface area contributed by atoms with E-state index in [1.807, 2.05) is 24.3 Å². The summed E-state index contributed by atoms with van der Waals surface area (Å²) in [7, 11) is 1.63. The summed E-state index contributed by atoms with van der Waals surface area (Å²) < 4.78 is 29.0. The second kappa shape index (κ2) is 8.15. The van der Waals surface area contributed by atoms with Gasteiger partial charge in [-0.1, -0.05) is 6.07 Å². The van der Waals surface area contributed by atoms with E-state index in [0.717, 1.165) is 24.3 Å². The number of hydrogen-bond acceptors (Lipinski definition) is 3. The molecule has 4 heteroatoms. The summed E-state index contributed by atoms with van der Waals surface area (Å²) in [5.74, 6) is 2.01. The van der Waals surface area contributed by atoms with Gasteiger partial charge in [0.25, 0.3) is 0 Å². The lowest BCUT2D eigenvalue weighted by molar-refractivity contribution is 0.265. The van der Waals surface area contributed by atoms with Crippen molar-refractivity contribution in [2.24, 2.45) is 0 Å². The Morgan fingerprint density at radius 2 is 1.43 bits per heavy atom. The highest BCUT2D eigenvalue weighted by molar-refractivity contribution is 5.32. The molecule has 0 radical (unpaired) electrons. The van der Waals surface area contributed by atoms with Crippen LogP contribution in [0.1, 0.15) is 12.8 Å². The Balaban J connectivity index is 1.60. The monoisotopic (exact) mass is 290 g/mol. The fraction of sp³-hybridized carbons (Fsp3) is 0.294. The van der Waals surface area contributed by atoms with Gasteiger partial charge >= 0.3 is 0 Å². The third kappa shape index (κ3) is 5.34. The fourth-order valence-electron chi connectivity index (χ4n) is 1.81. The molecule has 112 valence electrons. The minimum atomic E-state index is -0.256. The van der Waals surface area contributed by atoms with Crippen molar-refractivity contribution >= 4 is 0 Å². The van der Waals surface area contributed by atoms with Crippen LogP contribution in [-0.4, -0.2) is 20.3 Å². The number of benzene rings is 2. The number of methoxy groups -OCH3 is 1. The van der Waals surface area contributed by atoms with Crippen LogP contribution in [0, 0.1) is 5.82 Å². The van der Waals surface area contributed by atoms with Crippen molar-refractivity contribution in [3.8, 4) is 17.2 Å². The van der Waals surface area contributed by atoms with Crippen LogP contribution in [0.3, 0.4) is 0 Å². The Labute approximate surface area is 124 Å². The van der Waals surface area contributed by atoms with E-state index >= 15 is 0 Å². The lowest BCUT2D eigenvalue weighted by Crippen LogP contribution is -2.02. The van der Waals surface area contributed by atoms with Crippen LogP contribution < -0.4 is 14.2 Å². The Morgan fingerprint density at radius 3 is 2.10 bits per heavy atom. The van der Waals surface area contributed by atoms with Crippen molar-refractivity contribution in [3.05, 3.63) is 54.3 Å². The molecule has 2 aromatic carbocycles. The summed E-state index contributed by atoms with van der Waals surface area (Å²) in [4.78, 5) is 0. The SMILES string of the molecule is COc1cccc(OCCCCOc2ccc(F)cc2)c1. The molecule has 0 fully saturated rings. The smallest absolute Gasteiger partial charge is 0.123 e. The van der Waals surface area contributed by atoms with E-state index in [2.05, 4.69) is 0 Å². The Hall–Kier alpha value is -2.23. The van der Waals surface area contributed by atoms with E-state index in [9.17, 15) is 4.39 Å². The maximum absolute atomic E-state index is 12.7. The van der Waals surface area contributed by atoms with Crippen LogP contribution in [0.25, 0.3) is 0 Å². The molecule has 0 saturated carbocycles. The molecule has 21 heavy (non-hydrogen) atoms. The van der Waals surface area contributed by atoms with E-state index in [0.29, 0.717) is 19.0 Å². The predicted octanol–water partition coefficient (Wildman–Crippen LogP) is 4.07. The highest BCUT2D eigenvalue weighted by atomic mass is 19.1. The first-order valence-corrected chi connectivity index (χ1v) is 6.93. The molecule has 0 spiro atoms. The summed E-state index contributed by atoms with van der Waals surface area (Å²) in [5, 5.41) is 0. The molecule has 0 aliphatic rings. The highest BCUT2D eigenvalue weighted by Crippen LogP contribution is 2.19. The molecule has 0 amide bonds. The van der Waals surface area contributed by atoms with Gasteiger partial charge in [0.05, 0.1) is 20.3 Å². The normalized spacial score (nSPS) is 10.2. The molecule has 0 bridgehead atoms. The molecule has 0 aliphatic heterocycles. The van der Waals surface area contributed by atoms with Gasteiger partial charge in [0.2, 0.25) is 0 Å². The molecule has 0 N–H and O–H groups in total. The van der Waals surface area contributed by atoms with Crippen LogP contribution in [0.15, 0.2) is 48.5 Å². The first kappa shape index (κ1) is 15.2. The van der Waals surface area contributed by atoms with Gasteiger partial charge in [0.1, 0.15) is 23.1 Å². The van der Waals surface area contributed by atoms with Crippen molar-refractivity contribution in [2.75, 3.05) is 20.3 Å². The average molecular weight is 290 g/mol. The zero-order valence-corrected chi connectivity index (χ0v) is 12.0. The lowest BCUT2D eigenvalue weighted by Gasteiger charge is -2.08. The van der Waals surface area contributed by atoms with E-state index < -0.39 is 0 Å². The molecule has 0 aromatic heterocycles. The number of hydrogen-bond donors (Lipinski definition) is 0. The molecule has 0 unspecified atom stereocenters. The zero-order valence-electron chi connectivity index (χ0n) is 12.0. The second-order valence-electron chi connectivity index (χ2n) is 4.54. The van der Waals surface area contributed by atoms with Crippen molar-refractivity contribution in [3.63, 3.8) is 0 Å². The third-order valence-electron chi connectivity index (χ3n) is 2.93. The van der Waals surface area contributed by atoms with Gasteiger partial charge in [-0.15, -0.1) is 0 Å². The van der Waals surface area contributed by atoms with Crippen molar-refractivity contribution in [1.29, 1.82) is 0 Å². The minimum absolute atomic E-state index is 0.256. The highest BCUT2D eigenvalue weighted by Gasteiger charge is 1.98. The Bertz CT molecular complexity index is 540. The molecule has 0 heterocycles. The maximum Gasteiger partial charge on any atom is 0.123 e. The van der Waals surface area contributed by atoms with E-state index in [1.165, 1.54) is 12.1 Å². The number of rotatable bonds is 8. The topological polar surface area (TPSA) is 27.7 Å². The van der Waals surface area contributed by atoms with Gasteiger partial charge in [-0.05, 0) is 49.2 Å². The molecule has 3 nitrogen and oxygen atoms in total. The van der Waals surface area contributed by atoms with Crippen molar-refractivity contribution in [1.82, 2.24) is 0 Å². The molecular weight excluding hydrogens is 271 g/mol. The van der Waals surface area contributed by atoms with Crippen LogP contribution in [0.4, 0.5) is 4.39 Å². The Kier molecular flexibility index (Phi) is 5.88. The predicted molar refractivity (Wildman–Crippen MR) is 79.6 cm³/mol. The standard InChI is InChI=1S/C17H19FO3/c1-19-16-5-4-6-17(13-16)21-12-3-2-11-20-15-9-7-14(18)8-10-15/h4-10,13H,2-3,11-12H2,1H3. The minimum Gasteiger partial charge on any atom is -0.497 e. The summed E-state index contributed by atoms with van der Waals surface area (Å²) in [6.45, 7) is 1.22. The van der Waals surface area contributed by atoms with E-state index in [4.69, 9.17) is 14.2 Å². The van der Waals surface area contributed by atoms with Gasteiger partial charge in [-0.2, -0.15) is 0 Å². The molecule has 2 aromatic rings. The number of halogens is 1. The van der Waals surface area contributed by atoms with Crippen LogP contribution in [-0.2, 0) is 0 Å². The largest absolute Gasteiger partial charge is 0.497 e. The molecule has 0 saturated heterocycles. The molecule has 2 rings (SSSR count). The second-order valence-corrected chi connectivity index (χ2v) is 4.54. The van der Waals surface area contributed by atoms with Gasteiger partial charge < -0.3 is 14.2 Å². The molecule has 0 atom stereocenters. The van der Waals surface area contributed by atoms with Gasteiger partial charge in [-0.3, -0.25) is 0 Å². The molecule has 0 aliphatic carbocycles. The third-order valence-corrected chi connectivity index (χ3v) is 2.93. The number of ether oxygens (including phenoxy) is 3. The first-order chi connectivity index (χ1) is 10.3. The van der Waals surface area contributed by atoms with E-state index in [1.54, 1.807) is 19.2 Å². The van der Waals surface area contributed by atoms with Crippen LogP contribution in [0.2, 0.25) is 0 Å². The van der Waals surface area contributed by atoms with Crippen LogP contribution in [0.5, 0.6) is 17.2 Å². The van der Waals surface area contributed by atoms with Crippen molar-refractivity contribution in [2.45, 2.75) is 12.8 Å². The van der Waals surface area contributed by atoms with Gasteiger partial charge in [0.15, 0.2) is 0 Å². The summed E-state index contributed by atoms with van der Waals surface area (Å²) in [6, 6.07) is 13.6. The van der Waals surface area contributed by atoms with Crippen molar-refractivity contribution < 1.29 is 18.6 Å². The van der Waals surface area contributed by atoms with Gasteiger partial charge in [0, 0.05) is 6.07 Å². The number of unbranched alkanes of at least 4 members (excludes halogenated alkanes) is 1. The van der Waals surface area contributed by atoms with E-state index in [-0.39, 0.29) is 5.82 Å². The summed E-state index contributed by atoms with van der Waals surface area (Å²) in [5.41, 5.74) is 0. The maximum atomic E-state index is 12.7. The zero-order chi connectivity index (χ0) is 14.9. The summed E-state index contributed by atoms with van der Waals surface area (Å²) >= 11 is 0. The first-order valence-electron chi connectivity index (χ1n) is 6.93. The van der Waals surface area contributed by atoms with Gasteiger partial charge in [-0.25, -0.2) is 4.39 Å². The quantitative estimate of drug-likeness (QED) is 0.686. The summed E-state index contributed by atoms with van der Waals surface area (Å²) in [6.07, 6.45) is 1.76. The van der Waals surface area contributed by atoms with Crippen LogP contribution >= 0.6 is 0 Å². The average Bonchev–Trinajstić information content (AvgIpc) is 2.52. The lowest BCUT2D eigenvalue weighted by atomic mass is 10.3. The fourth-order valence-corrected chi connectivity index (χ4v) is 1.81.